The SMILES string of the molecule is c1cc(CN2CCC[C@@H](c3nnc4n3CCNC4)C2)c2cccnc2c1. The highest BCUT2D eigenvalue weighted by Gasteiger charge is 2.27. The molecule has 0 unspecified atom stereocenters. The van der Waals surface area contributed by atoms with E-state index in [0.717, 1.165) is 50.6 Å². The second-order valence-corrected chi connectivity index (χ2v) is 7.36. The Morgan fingerprint density at radius 1 is 1.12 bits per heavy atom. The van der Waals surface area contributed by atoms with Crippen molar-refractivity contribution in [2.75, 3.05) is 19.6 Å². The minimum atomic E-state index is 0.483. The Morgan fingerprint density at radius 2 is 2.12 bits per heavy atom. The lowest BCUT2D eigenvalue weighted by Crippen LogP contribution is -2.36. The van der Waals surface area contributed by atoms with Crippen LogP contribution in [0, 0.1) is 0 Å². The van der Waals surface area contributed by atoms with E-state index in [0.29, 0.717) is 5.92 Å². The predicted octanol–water partition coefficient (Wildman–Crippen LogP) is 2.31. The normalized spacial score (nSPS) is 21.0. The molecule has 2 aliphatic heterocycles. The Balaban J connectivity index is 1.37. The Bertz CT molecular complexity index is 912. The standard InChI is InChI=1S/C20H24N6/c1-4-15(17-6-2-8-22-18(17)7-1)13-25-10-3-5-16(14-25)20-24-23-19-12-21-9-11-26(19)20/h1-2,4,6-8,16,21H,3,5,9-14H2/t16-/m1/s1. The van der Waals surface area contributed by atoms with Crippen molar-refractivity contribution in [2.45, 2.75) is 38.4 Å². The highest BCUT2D eigenvalue weighted by atomic mass is 15.3. The molecule has 4 heterocycles. The van der Waals surface area contributed by atoms with Crippen LogP contribution in [0.15, 0.2) is 36.5 Å². The lowest BCUT2D eigenvalue weighted by atomic mass is 9.96. The van der Waals surface area contributed by atoms with Crippen LogP contribution in [0.2, 0.25) is 0 Å². The molecule has 3 aromatic rings. The molecule has 6 nitrogen and oxygen atoms in total. The van der Waals surface area contributed by atoms with Gasteiger partial charge in [0, 0.05) is 43.7 Å². The van der Waals surface area contributed by atoms with Gasteiger partial charge >= 0.3 is 0 Å². The van der Waals surface area contributed by atoms with Gasteiger partial charge in [-0.1, -0.05) is 18.2 Å². The monoisotopic (exact) mass is 348 g/mol. The van der Waals surface area contributed by atoms with Gasteiger partial charge in [-0.05, 0) is 37.1 Å². The second kappa shape index (κ2) is 6.78. The molecule has 0 spiro atoms. The van der Waals surface area contributed by atoms with Crippen molar-refractivity contribution in [3.05, 3.63) is 53.7 Å². The molecule has 2 aromatic heterocycles. The van der Waals surface area contributed by atoms with Crippen molar-refractivity contribution < 1.29 is 0 Å². The largest absolute Gasteiger partial charge is 0.312 e. The van der Waals surface area contributed by atoms with Crippen LogP contribution in [0.1, 0.15) is 36.0 Å². The molecule has 0 saturated carbocycles. The highest BCUT2D eigenvalue weighted by Crippen LogP contribution is 2.28. The summed E-state index contributed by atoms with van der Waals surface area (Å²) in [5.74, 6) is 2.76. The van der Waals surface area contributed by atoms with Crippen molar-refractivity contribution in [3.63, 3.8) is 0 Å². The van der Waals surface area contributed by atoms with E-state index in [9.17, 15) is 0 Å². The number of fused-ring (bicyclic) bond motifs is 2. The molecule has 26 heavy (non-hydrogen) atoms. The fourth-order valence-corrected chi connectivity index (χ4v) is 4.37. The van der Waals surface area contributed by atoms with E-state index in [2.05, 4.69) is 54.2 Å². The summed E-state index contributed by atoms with van der Waals surface area (Å²) in [6.45, 7) is 6.02. The van der Waals surface area contributed by atoms with E-state index in [1.807, 2.05) is 12.3 Å². The molecule has 6 heteroatoms. The summed E-state index contributed by atoms with van der Waals surface area (Å²) in [6, 6.07) is 10.7. The fraction of sp³-hybridized carbons (Fsp3) is 0.450. The Hall–Kier alpha value is -2.31. The maximum Gasteiger partial charge on any atom is 0.147 e. The molecule has 1 fully saturated rings. The zero-order chi connectivity index (χ0) is 17.3. The Labute approximate surface area is 153 Å². The molecule has 0 bridgehead atoms. The van der Waals surface area contributed by atoms with Gasteiger partial charge in [0.05, 0.1) is 12.1 Å². The number of hydrogen-bond donors (Lipinski definition) is 1. The van der Waals surface area contributed by atoms with Crippen molar-refractivity contribution in [1.82, 2.24) is 30.0 Å². The molecule has 1 N–H and O–H groups in total. The number of likely N-dealkylation sites (tertiary alicyclic amines) is 1. The quantitative estimate of drug-likeness (QED) is 0.787. The summed E-state index contributed by atoms with van der Waals surface area (Å²) >= 11 is 0. The van der Waals surface area contributed by atoms with E-state index < -0.39 is 0 Å². The fourth-order valence-electron chi connectivity index (χ4n) is 4.37. The van der Waals surface area contributed by atoms with E-state index in [1.54, 1.807) is 0 Å². The van der Waals surface area contributed by atoms with Crippen LogP contribution in [-0.4, -0.2) is 44.3 Å². The molecule has 1 aromatic carbocycles. The van der Waals surface area contributed by atoms with Crippen LogP contribution in [0.5, 0.6) is 0 Å². The number of nitrogens with one attached hydrogen (secondary N) is 1. The summed E-state index contributed by atoms with van der Waals surface area (Å²) in [5.41, 5.74) is 2.45. The third-order valence-electron chi connectivity index (χ3n) is 5.65. The number of hydrogen-bond acceptors (Lipinski definition) is 5. The average Bonchev–Trinajstić information content (AvgIpc) is 3.13. The van der Waals surface area contributed by atoms with Gasteiger partial charge in [-0.15, -0.1) is 10.2 Å². The molecule has 0 radical (unpaired) electrons. The van der Waals surface area contributed by atoms with Gasteiger partial charge in [-0.25, -0.2) is 0 Å². The van der Waals surface area contributed by atoms with Gasteiger partial charge in [0.25, 0.3) is 0 Å². The molecule has 134 valence electrons. The van der Waals surface area contributed by atoms with E-state index >= 15 is 0 Å². The Kier molecular flexibility index (Phi) is 4.15. The van der Waals surface area contributed by atoms with Crippen LogP contribution in [0.3, 0.4) is 0 Å². The van der Waals surface area contributed by atoms with Gasteiger partial charge in [-0.3, -0.25) is 9.88 Å². The van der Waals surface area contributed by atoms with Gasteiger partial charge in [0.1, 0.15) is 11.6 Å². The third kappa shape index (κ3) is 2.89. The summed E-state index contributed by atoms with van der Waals surface area (Å²) in [5, 5.41) is 13.6. The first kappa shape index (κ1) is 15.9. The van der Waals surface area contributed by atoms with Crippen molar-refractivity contribution in [1.29, 1.82) is 0 Å². The maximum atomic E-state index is 4.55. The van der Waals surface area contributed by atoms with E-state index in [1.165, 1.54) is 29.6 Å². The van der Waals surface area contributed by atoms with Crippen LogP contribution < -0.4 is 5.32 Å². The minimum Gasteiger partial charge on any atom is -0.312 e. The molecule has 0 amide bonds. The lowest BCUT2D eigenvalue weighted by Gasteiger charge is -2.33. The van der Waals surface area contributed by atoms with Crippen LogP contribution in [0.25, 0.3) is 10.9 Å². The average molecular weight is 348 g/mol. The predicted molar refractivity (Wildman–Crippen MR) is 101 cm³/mol. The molecule has 2 aliphatic rings. The van der Waals surface area contributed by atoms with Gasteiger partial charge in [-0.2, -0.15) is 0 Å². The second-order valence-electron chi connectivity index (χ2n) is 7.36. The molecular weight excluding hydrogens is 324 g/mol. The topological polar surface area (TPSA) is 58.9 Å². The number of aromatic nitrogens is 4. The van der Waals surface area contributed by atoms with Crippen LogP contribution in [0.4, 0.5) is 0 Å². The first-order chi connectivity index (χ1) is 12.9. The van der Waals surface area contributed by atoms with Crippen LogP contribution >= 0.6 is 0 Å². The first-order valence-corrected chi connectivity index (χ1v) is 9.56. The zero-order valence-electron chi connectivity index (χ0n) is 14.9. The molecule has 1 atom stereocenters. The number of pyridine rings is 1. The van der Waals surface area contributed by atoms with Crippen molar-refractivity contribution in [3.8, 4) is 0 Å². The van der Waals surface area contributed by atoms with Crippen molar-refractivity contribution >= 4 is 10.9 Å². The Morgan fingerprint density at radius 3 is 3.12 bits per heavy atom. The lowest BCUT2D eigenvalue weighted by molar-refractivity contribution is 0.194. The molecular formula is C20H24N6. The summed E-state index contributed by atoms with van der Waals surface area (Å²) in [4.78, 5) is 7.06. The van der Waals surface area contributed by atoms with Crippen molar-refractivity contribution in [2.24, 2.45) is 0 Å². The molecule has 5 rings (SSSR count). The van der Waals surface area contributed by atoms with E-state index in [-0.39, 0.29) is 0 Å². The summed E-state index contributed by atoms with van der Waals surface area (Å²) in [6.07, 6.45) is 4.29. The summed E-state index contributed by atoms with van der Waals surface area (Å²) < 4.78 is 2.34. The minimum absolute atomic E-state index is 0.483. The molecule has 1 saturated heterocycles. The number of nitrogens with zero attached hydrogens (tertiary/aromatic N) is 5. The number of rotatable bonds is 3. The zero-order valence-corrected chi connectivity index (χ0v) is 14.9. The van der Waals surface area contributed by atoms with Gasteiger partial charge < -0.3 is 9.88 Å². The van der Waals surface area contributed by atoms with Gasteiger partial charge in [0.2, 0.25) is 0 Å². The maximum absolute atomic E-state index is 4.55. The smallest absolute Gasteiger partial charge is 0.147 e. The van der Waals surface area contributed by atoms with Crippen LogP contribution in [-0.2, 0) is 19.6 Å². The summed E-state index contributed by atoms with van der Waals surface area (Å²) in [7, 11) is 0. The third-order valence-corrected chi connectivity index (χ3v) is 5.65. The number of piperidine rings is 1. The van der Waals surface area contributed by atoms with Gasteiger partial charge in [0.15, 0.2) is 0 Å². The molecule has 0 aliphatic carbocycles. The van der Waals surface area contributed by atoms with E-state index in [4.69, 9.17) is 0 Å². The number of benzene rings is 1. The highest BCUT2D eigenvalue weighted by molar-refractivity contribution is 5.81. The first-order valence-electron chi connectivity index (χ1n) is 9.56.